The van der Waals surface area contributed by atoms with Crippen molar-refractivity contribution in [3.63, 3.8) is 0 Å². The van der Waals surface area contributed by atoms with Crippen molar-refractivity contribution >= 4 is 24.0 Å². The Kier molecular flexibility index (Phi) is 15.0. The minimum atomic E-state index is -0.268. The van der Waals surface area contributed by atoms with Crippen molar-refractivity contribution in [3.8, 4) is 22.9 Å². The molecule has 6 aromatic rings. The molecule has 66 heavy (non-hydrogen) atoms. The molecule has 2 aliphatic heterocycles. The van der Waals surface area contributed by atoms with E-state index in [4.69, 9.17) is 9.47 Å². The van der Waals surface area contributed by atoms with Crippen molar-refractivity contribution < 1.29 is 27.8 Å². The molecule has 2 amide bonds. The van der Waals surface area contributed by atoms with Crippen molar-refractivity contribution in [3.05, 3.63) is 166 Å². The average Bonchev–Trinajstić information content (AvgIpc) is 3.95. The van der Waals surface area contributed by atoms with E-state index in [1.165, 1.54) is 24.3 Å². The van der Waals surface area contributed by atoms with Gasteiger partial charge in [0.1, 0.15) is 23.1 Å². The number of benzene rings is 4. The van der Waals surface area contributed by atoms with Gasteiger partial charge in [0.05, 0.1) is 61.7 Å². The molecule has 0 unspecified atom stereocenters. The van der Waals surface area contributed by atoms with Crippen LogP contribution in [0.1, 0.15) is 99.1 Å². The van der Waals surface area contributed by atoms with E-state index in [9.17, 15) is 18.4 Å². The maximum absolute atomic E-state index is 13.5. The Morgan fingerprint density at radius 3 is 1.27 bits per heavy atom. The molecule has 10 nitrogen and oxygen atoms in total. The number of halogens is 2. The van der Waals surface area contributed by atoms with E-state index in [2.05, 4.69) is 37.7 Å². The van der Waals surface area contributed by atoms with Gasteiger partial charge in [0.15, 0.2) is 0 Å². The molecular formula is C54H60F2N6O4. The number of imidazole rings is 2. The molecule has 0 bridgehead atoms. The van der Waals surface area contributed by atoms with Crippen molar-refractivity contribution in [1.82, 2.24) is 28.9 Å². The van der Waals surface area contributed by atoms with Crippen LogP contribution in [-0.2, 0) is 9.59 Å². The third-order valence-electron chi connectivity index (χ3n) is 12.2. The van der Waals surface area contributed by atoms with E-state index in [0.29, 0.717) is 24.6 Å². The van der Waals surface area contributed by atoms with Crippen LogP contribution in [0.2, 0.25) is 0 Å². The molecule has 0 aliphatic carbocycles. The van der Waals surface area contributed by atoms with Crippen molar-refractivity contribution in [2.24, 2.45) is 11.8 Å². The van der Waals surface area contributed by atoms with E-state index in [-0.39, 0.29) is 47.4 Å². The van der Waals surface area contributed by atoms with Crippen LogP contribution in [0.4, 0.5) is 8.78 Å². The van der Waals surface area contributed by atoms with Crippen LogP contribution in [0.3, 0.4) is 0 Å². The Morgan fingerprint density at radius 2 is 0.955 bits per heavy atom. The summed E-state index contributed by atoms with van der Waals surface area (Å²) >= 11 is 0. The van der Waals surface area contributed by atoms with E-state index in [1.807, 2.05) is 93.7 Å². The number of rotatable bonds is 12. The topological polar surface area (TPSA) is 94.7 Å². The Balaban J connectivity index is 0.000000196. The minimum Gasteiger partial charge on any atom is -0.495 e. The molecule has 2 fully saturated rings. The molecule has 0 N–H and O–H groups in total. The molecule has 4 aromatic carbocycles. The van der Waals surface area contributed by atoms with Crippen LogP contribution >= 0.6 is 0 Å². The first-order valence-corrected chi connectivity index (χ1v) is 22.7. The number of aromatic nitrogens is 4. The number of aryl methyl sites for hydroxylation is 2. The van der Waals surface area contributed by atoms with Gasteiger partial charge in [-0.2, -0.15) is 0 Å². The fourth-order valence-corrected chi connectivity index (χ4v) is 9.14. The zero-order valence-electron chi connectivity index (χ0n) is 39.2. The molecule has 344 valence electrons. The van der Waals surface area contributed by atoms with Crippen LogP contribution < -0.4 is 9.47 Å². The first-order chi connectivity index (χ1) is 31.7. The normalized spacial score (nSPS) is 16.5. The SMILES string of the molecule is COc1cc(/C=C2\CCCN([C@@H](c3ccc(F)cc3)C(C)C)C2=O)ccc1-n1cnc(C)c1.COc1cc(/C=C2\CCCN([C@H](c3ccc(F)cc3)C(C)C)C2=O)ccc1-n1cnc(C)c1. The smallest absolute Gasteiger partial charge is 0.250 e. The number of methoxy groups -OCH3 is 2. The molecule has 0 saturated carbocycles. The van der Waals surface area contributed by atoms with E-state index < -0.39 is 0 Å². The second-order valence-electron chi connectivity index (χ2n) is 17.7. The lowest BCUT2D eigenvalue weighted by atomic mass is 9.90. The van der Waals surface area contributed by atoms with Gasteiger partial charge in [-0.1, -0.05) is 64.1 Å². The molecule has 2 saturated heterocycles. The summed E-state index contributed by atoms with van der Waals surface area (Å²) in [5, 5.41) is 0. The van der Waals surface area contributed by atoms with Crippen molar-refractivity contribution in [2.45, 2.75) is 79.3 Å². The third kappa shape index (κ3) is 10.8. The van der Waals surface area contributed by atoms with Gasteiger partial charge >= 0.3 is 0 Å². The Hall–Kier alpha value is -6.82. The fraction of sp³-hybridized carbons (Fsp3) is 0.333. The second kappa shape index (κ2) is 21.0. The number of carbonyl (C=O) groups is 2. The number of piperidine rings is 2. The summed E-state index contributed by atoms with van der Waals surface area (Å²) in [6.07, 6.45) is 14.6. The van der Waals surface area contributed by atoms with Gasteiger partial charge in [-0.25, -0.2) is 18.7 Å². The summed E-state index contributed by atoms with van der Waals surface area (Å²) in [5.41, 5.74) is 8.96. The van der Waals surface area contributed by atoms with Gasteiger partial charge in [0.25, 0.3) is 0 Å². The summed E-state index contributed by atoms with van der Waals surface area (Å²) in [5.74, 6) is 1.38. The van der Waals surface area contributed by atoms with Crippen LogP contribution in [0.15, 0.2) is 121 Å². The van der Waals surface area contributed by atoms with Crippen molar-refractivity contribution in [1.29, 1.82) is 0 Å². The van der Waals surface area contributed by atoms with Crippen LogP contribution in [0.5, 0.6) is 11.5 Å². The Labute approximate surface area is 387 Å². The standard InChI is InChI=1S/2C27H30FN3O2/c2*1-18(2)26(21-8-10-23(28)11-9-21)31-13-5-6-22(27(31)32)14-20-7-12-24(25(15-20)33-4)30-16-19(3)29-17-30/h2*7-12,14-18,26H,5-6,13H2,1-4H3/b2*22-14+/t2*26-/m10/s1. The number of carbonyl (C=O) groups excluding carboxylic acids is 2. The number of ether oxygens (including phenoxy) is 2. The molecular weight excluding hydrogens is 835 g/mol. The van der Waals surface area contributed by atoms with E-state index in [1.54, 1.807) is 51.1 Å². The predicted molar refractivity (Wildman–Crippen MR) is 256 cm³/mol. The van der Waals surface area contributed by atoms with Crippen LogP contribution in [-0.4, -0.2) is 68.0 Å². The molecule has 8 rings (SSSR count). The average molecular weight is 895 g/mol. The quantitative estimate of drug-likeness (QED) is 0.114. The molecule has 2 atom stereocenters. The third-order valence-corrected chi connectivity index (χ3v) is 12.2. The number of likely N-dealkylation sites (tertiary alicyclic amines) is 2. The number of nitrogens with zero attached hydrogens (tertiary/aromatic N) is 6. The molecule has 2 aromatic heterocycles. The first kappa shape index (κ1) is 47.2. The lowest BCUT2D eigenvalue weighted by Gasteiger charge is -2.38. The molecule has 2 aliphatic rings. The predicted octanol–water partition coefficient (Wildman–Crippen LogP) is 11.5. The molecule has 4 heterocycles. The van der Waals surface area contributed by atoms with Gasteiger partial charge in [-0.15, -0.1) is 0 Å². The second-order valence-corrected chi connectivity index (χ2v) is 17.7. The number of hydrogen-bond acceptors (Lipinski definition) is 6. The van der Waals surface area contributed by atoms with E-state index >= 15 is 0 Å². The van der Waals surface area contributed by atoms with Gasteiger partial charge < -0.3 is 28.4 Å². The maximum atomic E-state index is 13.5. The van der Waals surface area contributed by atoms with Gasteiger partial charge in [0, 0.05) is 36.6 Å². The van der Waals surface area contributed by atoms with E-state index in [0.717, 1.165) is 81.8 Å². The maximum Gasteiger partial charge on any atom is 0.250 e. The summed E-state index contributed by atoms with van der Waals surface area (Å²) in [6.45, 7) is 13.7. The van der Waals surface area contributed by atoms with Crippen molar-refractivity contribution in [2.75, 3.05) is 27.3 Å². The zero-order valence-corrected chi connectivity index (χ0v) is 39.2. The Bertz CT molecular complexity index is 2510. The summed E-state index contributed by atoms with van der Waals surface area (Å²) in [7, 11) is 3.28. The van der Waals surface area contributed by atoms with Crippen LogP contribution in [0, 0.1) is 37.3 Å². The highest BCUT2D eigenvalue weighted by Crippen LogP contribution is 2.36. The highest BCUT2D eigenvalue weighted by atomic mass is 19.1. The summed E-state index contributed by atoms with van der Waals surface area (Å²) in [4.78, 5) is 39.5. The first-order valence-electron chi connectivity index (χ1n) is 22.7. The minimum absolute atomic E-state index is 0.0394. The Morgan fingerprint density at radius 1 is 0.576 bits per heavy atom. The molecule has 0 radical (unpaired) electrons. The zero-order chi connectivity index (χ0) is 47.1. The lowest BCUT2D eigenvalue weighted by Crippen LogP contribution is -2.41. The van der Waals surface area contributed by atoms with Gasteiger partial charge in [-0.05, 0) is 134 Å². The highest BCUT2D eigenvalue weighted by molar-refractivity contribution is 5.99. The largest absolute Gasteiger partial charge is 0.495 e. The number of amides is 2. The lowest BCUT2D eigenvalue weighted by molar-refractivity contribution is -0.132. The van der Waals surface area contributed by atoms with Gasteiger partial charge in [0.2, 0.25) is 11.8 Å². The van der Waals surface area contributed by atoms with Crippen LogP contribution in [0.25, 0.3) is 23.5 Å². The fourth-order valence-electron chi connectivity index (χ4n) is 9.14. The summed E-state index contributed by atoms with van der Waals surface area (Å²) in [6, 6.07) is 24.6. The molecule has 12 heteroatoms. The molecule has 0 spiro atoms. The summed E-state index contributed by atoms with van der Waals surface area (Å²) < 4.78 is 42.0. The monoisotopic (exact) mass is 894 g/mol. The van der Waals surface area contributed by atoms with Gasteiger partial charge in [-0.3, -0.25) is 9.59 Å². The highest BCUT2D eigenvalue weighted by Gasteiger charge is 2.34. The number of hydrogen-bond donors (Lipinski definition) is 0.